The first-order valence-electron chi connectivity index (χ1n) is 6.51. The molecule has 20 heavy (non-hydrogen) atoms. The Morgan fingerprint density at radius 2 is 2.10 bits per heavy atom. The topological polar surface area (TPSA) is 62.7 Å². The number of carbonyl (C=O) groups excluding carboxylic acids is 1. The Morgan fingerprint density at radius 1 is 1.50 bits per heavy atom. The normalized spacial score (nSPS) is 18.9. The number of ether oxygens (including phenoxy) is 1. The van der Waals surface area contributed by atoms with Crippen molar-refractivity contribution < 1.29 is 14.6 Å². The number of nitrogens with zero attached hydrogens (tertiary/aromatic N) is 2. The molecule has 0 aromatic carbocycles. The molecule has 0 radical (unpaired) electrons. The van der Waals surface area contributed by atoms with E-state index in [0.29, 0.717) is 30.9 Å². The van der Waals surface area contributed by atoms with E-state index in [2.05, 4.69) is 20.9 Å². The first-order valence-corrected chi connectivity index (χ1v) is 8.19. The molecule has 1 aliphatic heterocycles. The fourth-order valence-corrected chi connectivity index (χ4v) is 3.48. The molecule has 0 spiro atoms. The molecule has 0 saturated carbocycles. The summed E-state index contributed by atoms with van der Waals surface area (Å²) < 4.78 is 6.08. The predicted molar refractivity (Wildman–Crippen MR) is 80.8 cm³/mol. The van der Waals surface area contributed by atoms with Crippen LogP contribution in [0.2, 0.25) is 0 Å². The molecule has 1 aliphatic rings. The molecule has 0 atom stereocenters. The van der Waals surface area contributed by atoms with E-state index >= 15 is 0 Å². The second-order valence-corrected chi connectivity index (χ2v) is 7.64. The first kappa shape index (κ1) is 15.7. The van der Waals surface area contributed by atoms with Crippen LogP contribution in [0.1, 0.15) is 38.6 Å². The smallest absolute Gasteiger partial charge is 0.410 e. The van der Waals surface area contributed by atoms with Crippen molar-refractivity contribution in [3.8, 4) is 0 Å². The van der Waals surface area contributed by atoms with Crippen LogP contribution < -0.4 is 0 Å². The Balaban J connectivity index is 1.97. The number of hydrogen-bond acceptors (Lipinski definition) is 5. The van der Waals surface area contributed by atoms with Gasteiger partial charge in [-0.25, -0.2) is 9.78 Å². The summed E-state index contributed by atoms with van der Waals surface area (Å²) in [6.45, 7) is 6.49. The molecule has 112 valence electrons. The van der Waals surface area contributed by atoms with Gasteiger partial charge >= 0.3 is 6.09 Å². The lowest BCUT2D eigenvalue weighted by atomic mass is 9.92. The van der Waals surface area contributed by atoms with Crippen LogP contribution >= 0.6 is 27.3 Å². The number of thiazole rings is 1. The number of halogens is 1. The average Bonchev–Trinajstić information content (AvgIpc) is 2.75. The van der Waals surface area contributed by atoms with Crippen molar-refractivity contribution in [2.24, 2.45) is 0 Å². The quantitative estimate of drug-likeness (QED) is 0.833. The Labute approximate surface area is 131 Å². The zero-order valence-corrected chi connectivity index (χ0v) is 14.3. The van der Waals surface area contributed by atoms with Crippen LogP contribution in [0.25, 0.3) is 0 Å². The molecular weight excluding hydrogens is 344 g/mol. The van der Waals surface area contributed by atoms with Crippen molar-refractivity contribution in [3.05, 3.63) is 15.0 Å². The molecule has 2 heterocycles. The highest BCUT2D eigenvalue weighted by atomic mass is 79.9. The zero-order valence-electron chi connectivity index (χ0n) is 11.9. The van der Waals surface area contributed by atoms with Crippen LogP contribution in [0.15, 0.2) is 9.98 Å². The van der Waals surface area contributed by atoms with E-state index in [9.17, 15) is 9.90 Å². The van der Waals surface area contributed by atoms with Crippen LogP contribution in [0.3, 0.4) is 0 Å². The van der Waals surface area contributed by atoms with Gasteiger partial charge in [-0.05, 0) is 36.7 Å². The van der Waals surface area contributed by atoms with Gasteiger partial charge in [-0.15, -0.1) is 11.3 Å². The van der Waals surface area contributed by atoms with E-state index in [0.717, 1.165) is 4.60 Å². The van der Waals surface area contributed by atoms with Gasteiger partial charge in [0.25, 0.3) is 0 Å². The third-order valence-corrected chi connectivity index (χ3v) is 4.86. The minimum absolute atomic E-state index is 0.320. The Morgan fingerprint density at radius 3 is 2.55 bits per heavy atom. The van der Waals surface area contributed by atoms with Crippen LogP contribution in [0, 0.1) is 0 Å². The third kappa shape index (κ3) is 3.71. The van der Waals surface area contributed by atoms with Crippen LogP contribution in [0.4, 0.5) is 4.79 Å². The van der Waals surface area contributed by atoms with Crippen LogP contribution in [-0.4, -0.2) is 39.8 Å². The number of amides is 1. The van der Waals surface area contributed by atoms with Crippen molar-refractivity contribution in [1.29, 1.82) is 0 Å². The summed E-state index contributed by atoms with van der Waals surface area (Å²) >= 11 is 4.73. The van der Waals surface area contributed by atoms with E-state index < -0.39 is 11.2 Å². The summed E-state index contributed by atoms with van der Waals surface area (Å²) in [5.74, 6) is 0. The number of rotatable bonds is 1. The van der Waals surface area contributed by atoms with Crippen molar-refractivity contribution in [2.75, 3.05) is 13.1 Å². The van der Waals surface area contributed by atoms with Crippen LogP contribution in [0.5, 0.6) is 0 Å². The summed E-state index contributed by atoms with van der Waals surface area (Å²) in [4.78, 5) is 17.9. The summed E-state index contributed by atoms with van der Waals surface area (Å²) in [6.07, 6.45) is 0.637. The van der Waals surface area contributed by atoms with Gasteiger partial charge in [0.2, 0.25) is 0 Å². The maximum Gasteiger partial charge on any atom is 0.410 e. The fourth-order valence-electron chi connectivity index (χ4n) is 2.07. The highest BCUT2D eigenvalue weighted by Crippen LogP contribution is 2.35. The fraction of sp³-hybridized carbons (Fsp3) is 0.692. The monoisotopic (exact) mass is 362 g/mol. The number of aliphatic hydroxyl groups is 1. The minimum Gasteiger partial charge on any atom is -0.444 e. The zero-order chi connectivity index (χ0) is 15.0. The van der Waals surface area contributed by atoms with Crippen LogP contribution in [-0.2, 0) is 10.3 Å². The van der Waals surface area contributed by atoms with Gasteiger partial charge in [0.05, 0.1) is 0 Å². The van der Waals surface area contributed by atoms with Gasteiger partial charge in [-0.3, -0.25) is 0 Å². The second-order valence-electron chi connectivity index (χ2n) is 5.97. The van der Waals surface area contributed by atoms with Crippen molar-refractivity contribution in [2.45, 2.75) is 44.8 Å². The Hall–Kier alpha value is -0.660. The van der Waals surface area contributed by atoms with Gasteiger partial charge in [0, 0.05) is 31.3 Å². The number of piperidine rings is 1. The summed E-state index contributed by atoms with van der Waals surface area (Å²) in [5.41, 5.74) is -1.43. The molecule has 2 rings (SSSR count). The molecule has 0 unspecified atom stereocenters. The summed E-state index contributed by atoms with van der Waals surface area (Å²) in [7, 11) is 0. The molecule has 5 nitrogen and oxygen atoms in total. The lowest BCUT2D eigenvalue weighted by Gasteiger charge is -2.37. The molecule has 1 amide bonds. The lowest BCUT2D eigenvalue weighted by Crippen LogP contribution is -2.46. The average molecular weight is 363 g/mol. The molecule has 0 bridgehead atoms. The lowest BCUT2D eigenvalue weighted by molar-refractivity contribution is -0.0357. The van der Waals surface area contributed by atoms with E-state index in [-0.39, 0.29) is 6.09 Å². The Kier molecular flexibility index (Phi) is 4.41. The largest absolute Gasteiger partial charge is 0.444 e. The second kappa shape index (κ2) is 5.61. The molecular formula is C13H19BrN2O3S. The van der Waals surface area contributed by atoms with E-state index in [1.165, 1.54) is 11.3 Å². The minimum atomic E-state index is -0.935. The molecule has 1 aromatic rings. The van der Waals surface area contributed by atoms with Gasteiger partial charge in [0.15, 0.2) is 0 Å². The van der Waals surface area contributed by atoms with Crippen molar-refractivity contribution >= 4 is 33.4 Å². The highest BCUT2D eigenvalue weighted by molar-refractivity contribution is 9.10. The maximum absolute atomic E-state index is 12.0. The van der Waals surface area contributed by atoms with Crippen molar-refractivity contribution in [1.82, 2.24) is 9.88 Å². The number of hydrogen-bond donors (Lipinski definition) is 1. The molecule has 7 heteroatoms. The first-order chi connectivity index (χ1) is 9.20. The Bertz CT molecular complexity index is 490. The molecule has 1 N–H and O–H groups in total. The van der Waals surface area contributed by atoms with Gasteiger partial charge < -0.3 is 14.7 Å². The summed E-state index contributed by atoms with van der Waals surface area (Å²) in [6, 6.07) is 0. The van der Waals surface area contributed by atoms with Gasteiger partial charge in [-0.1, -0.05) is 0 Å². The third-order valence-electron chi connectivity index (χ3n) is 3.12. The molecule has 1 saturated heterocycles. The van der Waals surface area contributed by atoms with E-state index in [4.69, 9.17) is 4.74 Å². The van der Waals surface area contributed by atoms with E-state index in [1.807, 2.05) is 26.2 Å². The van der Waals surface area contributed by atoms with E-state index in [1.54, 1.807) is 4.90 Å². The number of likely N-dealkylation sites (tertiary alicyclic amines) is 1. The maximum atomic E-state index is 12.0. The van der Waals surface area contributed by atoms with Gasteiger partial charge in [-0.2, -0.15) is 0 Å². The molecule has 1 fully saturated rings. The SMILES string of the molecule is CC(C)(C)OC(=O)N1CCC(O)(c2nc(Br)cs2)CC1. The number of carbonyl (C=O) groups is 1. The molecule has 0 aliphatic carbocycles. The predicted octanol–water partition coefficient (Wildman–Crippen LogP) is 3.12. The standard InChI is InChI=1S/C13H19BrN2O3S/c1-12(2,3)19-11(17)16-6-4-13(18,5-7-16)10-15-9(14)8-20-10/h8,18H,4-7H2,1-3H3. The van der Waals surface area contributed by atoms with Gasteiger partial charge in [0.1, 0.15) is 20.8 Å². The molecule has 1 aromatic heterocycles. The summed E-state index contributed by atoms with van der Waals surface area (Å²) in [5, 5.41) is 13.2. The number of aromatic nitrogens is 1. The highest BCUT2D eigenvalue weighted by Gasteiger charge is 2.38. The van der Waals surface area contributed by atoms with Crippen molar-refractivity contribution in [3.63, 3.8) is 0 Å².